The Labute approximate surface area is 112 Å². The fraction of sp³-hybridized carbons (Fsp3) is 0.500. The van der Waals surface area contributed by atoms with Crippen LogP contribution in [0.3, 0.4) is 0 Å². The van der Waals surface area contributed by atoms with E-state index in [-0.39, 0.29) is 6.03 Å². The van der Waals surface area contributed by atoms with Crippen LogP contribution in [0.25, 0.3) is 0 Å². The molecule has 19 heavy (non-hydrogen) atoms. The van der Waals surface area contributed by atoms with E-state index >= 15 is 0 Å². The molecule has 2 aliphatic rings. The summed E-state index contributed by atoms with van der Waals surface area (Å²) in [4.78, 5) is 14.0. The number of urea groups is 1. The smallest absolute Gasteiger partial charge is 0.321 e. The molecule has 1 N–H and O–H groups in total. The van der Waals surface area contributed by atoms with Gasteiger partial charge in [0, 0.05) is 19.5 Å². The molecule has 1 aliphatic heterocycles. The van der Waals surface area contributed by atoms with Gasteiger partial charge in [-0.15, -0.1) is 0 Å². The Balaban J connectivity index is 1.58. The molecule has 100 valence electrons. The average Bonchev–Trinajstić information content (AvgIpc) is 2.90. The predicted molar refractivity (Wildman–Crippen MR) is 73.0 cm³/mol. The number of hydrogen-bond acceptors (Lipinski definition) is 3. The van der Waals surface area contributed by atoms with Crippen molar-refractivity contribution < 1.29 is 4.79 Å². The van der Waals surface area contributed by atoms with Gasteiger partial charge >= 0.3 is 6.03 Å². The molecule has 0 aromatic carbocycles. The number of amides is 2. The van der Waals surface area contributed by atoms with Crippen LogP contribution in [0.4, 0.5) is 10.5 Å². The van der Waals surface area contributed by atoms with Gasteiger partial charge in [0.25, 0.3) is 0 Å². The number of nitrogens with zero attached hydrogens (tertiary/aromatic N) is 3. The highest BCUT2D eigenvalue weighted by molar-refractivity contribution is 5.93. The maximum atomic E-state index is 12.2. The fourth-order valence-corrected chi connectivity index (χ4v) is 2.70. The number of anilines is 1. The molecule has 5 nitrogen and oxygen atoms in total. The molecule has 0 fully saturated rings. The van der Waals surface area contributed by atoms with E-state index in [4.69, 9.17) is 0 Å². The molecule has 5 heteroatoms. The van der Waals surface area contributed by atoms with E-state index in [0.717, 1.165) is 37.2 Å². The largest absolute Gasteiger partial charge is 0.337 e. The quantitative estimate of drug-likeness (QED) is 0.824. The molecule has 2 amide bonds. The number of aromatic nitrogens is 2. The Hall–Kier alpha value is -1.91. The molecule has 0 saturated heterocycles. The van der Waals surface area contributed by atoms with Crippen molar-refractivity contribution in [3.8, 4) is 0 Å². The maximum Gasteiger partial charge on any atom is 0.321 e. The number of carbonyl (C=O) groups is 1. The van der Waals surface area contributed by atoms with Crippen LogP contribution in [0, 0.1) is 5.92 Å². The van der Waals surface area contributed by atoms with Crippen LogP contribution in [0.1, 0.15) is 25.0 Å². The van der Waals surface area contributed by atoms with Gasteiger partial charge in [0.05, 0.1) is 17.6 Å². The molecule has 1 aromatic heterocycles. The Morgan fingerprint density at radius 3 is 3.26 bits per heavy atom. The Morgan fingerprint density at radius 2 is 2.42 bits per heavy atom. The summed E-state index contributed by atoms with van der Waals surface area (Å²) >= 11 is 0. The van der Waals surface area contributed by atoms with E-state index in [1.807, 2.05) is 6.07 Å². The summed E-state index contributed by atoms with van der Waals surface area (Å²) in [7, 11) is 0. The van der Waals surface area contributed by atoms with Crippen molar-refractivity contribution in [2.45, 2.75) is 25.7 Å². The Morgan fingerprint density at radius 1 is 1.47 bits per heavy atom. The number of hydrogen-bond donors (Lipinski definition) is 1. The van der Waals surface area contributed by atoms with E-state index in [9.17, 15) is 4.79 Å². The lowest BCUT2D eigenvalue weighted by Crippen LogP contribution is -2.41. The molecule has 0 radical (unpaired) electrons. The van der Waals surface area contributed by atoms with E-state index in [1.165, 1.54) is 6.42 Å². The molecule has 0 saturated carbocycles. The summed E-state index contributed by atoms with van der Waals surface area (Å²) in [5, 5.41) is 11.0. The summed E-state index contributed by atoms with van der Waals surface area (Å²) in [6, 6.07) is 1.85. The summed E-state index contributed by atoms with van der Waals surface area (Å²) < 4.78 is 0. The van der Waals surface area contributed by atoms with Crippen LogP contribution in [0.2, 0.25) is 0 Å². The highest BCUT2D eigenvalue weighted by Crippen LogP contribution is 2.25. The van der Waals surface area contributed by atoms with Gasteiger partial charge in [-0.1, -0.05) is 12.2 Å². The van der Waals surface area contributed by atoms with E-state index in [2.05, 4.69) is 27.7 Å². The van der Waals surface area contributed by atoms with Crippen molar-refractivity contribution in [1.82, 2.24) is 15.5 Å². The van der Waals surface area contributed by atoms with E-state index in [1.54, 1.807) is 11.1 Å². The first-order valence-corrected chi connectivity index (χ1v) is 6.85. The van der Waals surface area contributed by atoms with Crippen molar-refractivity contribution in [2.75, 3.05) is 18.0 Å². The maximum absolute atomic E-state index is 12.2. The topological polar surface area (TPSA) is 58.1 Å². The molecular weight excluding hydrogens is 240 g/mol. The lowest BCUT2D eigenvalue weighted by Gasteiger charge is -2.22. The van der Waals surface area contributed by atoms with Gasteiger partial charge < -0.3 is 5.32 Å². The number of nitrogens with one attached hydrogen (secondary N) is 1. The van der Waals surface area contributed by atoms with Crippen molar-refractivity contribution in [3.63, 3.8) is 0 Å². The van der Waals surface area contributed by atoms with E-state index in [0.29, 0.717) is 12.5 Å². The highest BCUT2D eigenvalue weighted by atomic mass is 16.2. The second-order valence-corrected chi connectivity index (χ2v) is 5.10. The minimum atomic E-state index is -0.0127. The number of fused-ring (bicyclic) bond motifs is 1. The van der Waals surface area contributed by atoms with Crippen molar-refractivity contribution in [2.24, 2.45) is 5.92 Å². The monoisotopic (exact) mass is 258 g/mol. The third-order valence-corrected chi connectivity index (χ3v) is 3.80. The third-order valence-electron chi connectivity index (χ3n) is 3.80. The Kier molecular flexibility index (Phi) is 3.44. The van der Waals surface area contributed by atoms with Gasteiger partial charge in [-0.05, 0) is 31.2 Å². The van der Waals surface area contributed by atoms with Gasteiger partial charge in [-0.3, -0.25) is 4.90 Å². The first-order chi connectivity index (χ1) is 9.34. The summed E-state index contributed by atoms with van der Waals surface area (Å²) in [6.07, 6.45) is 10.2. The molecule has 1 unspecified atom stereocenters. The minimum absolute atomic E-state index is 0.0127. The standard InChI is InChI=1S/C14H18N4O/c19-14(15-10-11-4-2-1-3-5-11)18-9-7-12-13(18)6-8-16-17-12/h1-2,6,8,11H,3-5,7,9-10H2,(H,15,19). The number of carbonyl (C=O) groups excluding carboxylic acids is 1. The minimum Gasteiger partial charge on any atom is -0.337 e. The van der Waals surface area contributed by atoms with Gasteiger partial charge in [0.1, 0.15) is 0 Å². The van der Waals surface area contributed by atoms with Gasteiger partial charge in [-0.25, -0.2) is 4.79 Å². The summed E-state index contributed by atoms with van der Waals surface area (Å²) in [5.41, 5.74) is 1.81. The number of allylic oxidation sites excluding steroid dienone is 2. The zero-order chi connectivity index (χ0) is 13.1. The summed E-state index contributed by atoms with van der Waals surface area (Å²) in [6.45, 7) is 1.46. The SMILES string of the molecule is O=C(NCC1CC=CCC1)N1CCc2nnccc21. The van der Waals surface area contributed by atoms with Crippen molar-refractivity contribution in [1.29, 1.82) is 0 Å². The van der Waals surface area contributed by atoms with Crippen LogP contribution in [0.5, 0.6) is 0 Å². The molecular formula is C14H18N4O. The number of rotatable bonds is 2. The van der Waals surface area contributed by atoms with Crippen LogP contribution in [-0.4, -0.2) is 29.3 Å². The molecule has 1 aliphatic carbocycles. The molecule has 3 rings (SSSR count). The highest BCUT2D eigenvalue weighted by Gasteiger charge is 2.26. The molecule has 1 aromatic rings. The average molecular weight is 258 g/mol. The fourth-order valence-electron chi connectivity index (χ4n) is 2.70. The lowest BCUT2D eigenvalue weighted by molar-refractivity contribution is 0.244. The second-order valence-electron chi connectivity index (χ2n) is 5.10. The van der Waals surface area contributed by atoms with E-state index < -0.39 is 0 Å². The Bertz CT molecular complexity index is 500. The van der Waals surface area contributed by atoms with Crippen LogP contribution in [0.15, 0.2) is 24.4 Å². The molecule has 1 atom stereocenters. The van der Waals surface area contributed by atoms with Crippen LogP contribution >= 0.6 is 0 Å². The van der Waals surface area contributed by atoms with Crippen LogP contribution in [-0.2, 0) is 6.42 Å². The zero-order valence-electron chi connectivity index (χ0n) is 10.9. The van der Waals surface area contributed by atoms with Gasteiger partial charge in [0.15, 0.2) is 0 Å². The normalized spacial score (nSPS) is 21.3. The third kappa shape index (κ3) is 2.59. The zero-order valence-corrected chi connectivity index (χ0v) is 10.9. The molecule has 2 heterocycles. The summed E-state index contributed by atoms with van der Waals surface area (Å²) in [5.74, 6) is 0.576. The van der Waals surface area contributed by atoms with Crippen LogP contribution < -0.4 is 10.2 Å². The second kappa shape index (κ2) is 5.38. The predicted octanol–water partition coefficient (Wildman–Crippen LogP) is 1.91. The molecule has 0 spiro atoms. The lowest BCUT2D eigenvalue weighted by atomic mass is 9.94. The first-order valence-electron chi connectivity index (χ1n) is 6.85. The first kappa shape index (κ1) is 12.1. The van der Waals surface area contributed by atoms with Gasteiger partial charge in [0.2, 0.25) is 0 Å². The van der Waals surface area contributed by atoms with Gasteiger partial charge in [-0.2, -0.15) is 10.2 Å². The van der Waals surface area contributed by atoms with Crippen molar-refractivity contribution in [3.05, 3.63) is 30.1 Å². The van der Waals surface area contributed by atoms with Crippen molar-refractivity contribution >= 4 is 11.7 Å². The molecule has 0 bridgehead atoms.